The number of piperidine rings is 1. The van der Waals surface area contributed by atoms with E-state index in [4.69, 9.17) is 15.5 Å². The van der Waals surface area contributed by atoms with E-state index in [-0.39, 0.29) is 29.7 Å². The molecule has 0 bridgehead atoms. The van der Waals surface area contributed by atoms with Crippen LogP contribution in [0.25, 0.3) is 22.1 Å². The number of hydrogen-bond acceptors (Lipinski definition) is 8. The highest BCUT2D eigenvalue weighted by molar-refractivity contribution is 7.17. The van der Waals surface area contributed by atoms with Crippen molar-refractivity contribution >= 4 is 17.2 Å². The van der Waals surface area contributed by atoms with Gasteiger partial charge in [0, 0.05) is 54.5 Å². The molecule has 3 aromatic heterocycles. The number of rotatable bonds is 6. The lowest BCUT2D eigenvalue weighted by molar-refractivity contribution is 0.0755. The Labute approximate surface area is 223 Å². The zero-order chi connectivity index (χ0) is 26.6. The van der Waals surface area contributed by atoms with E-state index >= 15 is 0 Å². The fourth-order valence-corrected chi connectivity index (χ4v) is 5.88. The van der Waals surface area contributed by atoms with Gasteiger partial charge < -0.3 is 15.4 Å². The first-order valence-corrected chi connectivity index (χ1v) is 13.3. The van der Waals surface area contributed by atoms with Crippen LogP contribution in [-0.4, -0.2) is 49.9 Å². The maximum Gasteiger partial charge on any atom is 0.265 e. The van der Waals surface area contributed by atoms with E-state index in [1.165, 1.54) is 23.5 Å². The summed E-state index contributed by atoms with van der Waals surface area (Å²) in [7, 11) is 0. The van der Waals surface area contributed by atoms with E-state index in [2.05, 4.69) is 15.0 Å². The average Bonchev–Trinajstić information content (AvgIpc) is 3.22. The number of amides is 1. The van der Waals surface area contributed by atoms with E-state index in [0.717, 1.165) is 11.1 Å². The molecule has 1 aliphatic heterocycles. The normalized spacial score (nSPS) is 20.3. The summed E-state index contributed by atoms with van der Waals surface area (Å²) in [6.45, 7) is 6.93. The molecule has 2 N–H and O–H groups in total. The van der Waals surface area contributed by atoms with Gasteiger partial charge in [0.05, 0.1) is 11.4 Å². The Morgan fingerprint density at radius 3 is 2.45 bits per heavy atom. The second kappa shape index (κ2) is 9.21. The number of aromatic nitrogens is 4. The van der Waals surface area contributed by atoms with Crippen molar-refractivity contribution in [1.29, 1.82) is 0 Å². The van der Waals surface area contributed by atoms with Crippen LogP contribution in [0.5, 0.6) is 5.88 Å². The van der Waals surface area contributed by atoms with Crippen molar-refractivity contribution in [3.8, 4) is 28.0 Å². The summed E-state index contributed by atoms with van der Waals surface area (Å²) in [6.07, 6.45) is 3.31. The molecule has 194 valence electrons. The van der Waals surface area contributed by atoms with Crippen molar-refractivity contribution < 1.29 is 13.9 Å². The van der Waals surface area contributed by atoms with E-state index in [1.807, 2.05) is 37.8 Å². The van der Waals surface area contributed by atoms with E-state index < -0.39 is 5.54 Å². The topological polar surface area (TPSA) is 107 Å². The molecule has 1 aliphatic carbocycles. The number of ether oxygens (including phenoxy) is 1. The number of nitrogens with zero attached hydrogens (tertiary/aromatic N) is 5. The second-order valence-electron chi connectivity index (χ2n) is 10.4. The third kappa shape index (κ3) is 4.65. The van der Waals surface area contributed by atoms with Gasteiger partial charge in [-0.25, -0.2) is 24.3 Å². The third-order valence-electron chi connectivity index (χ3n) is 7.09. The summed E-state index contributed by atoms with van der Waals surface area (Å²) in [5.74, 6) is 1.18. The van der Waals surface area contributed by atoms with Crippen LogP contribution in [0.2, 0.25) is 0 Å². The maximum absolute atomic E-state index is 13.5. The summed E-state index contributed by atoms with van der Waals surface area (Å²) >= 11 is 1.33. The quantitative estimate of drug-likeness (QED) is 0.392. The van der Waals surface area contributed by atoms with Gasteiger partial charge in [-0.1, -0.05) is 0 Å². The summed E-state index contributed by atoms with van der Waals surface area (Å²) in [5.41, 5.74) is 8.82. The molecule has 4 aromatic rings. The maximum atomic E-state index is 13.5. The van der Waals surface area contributed by atoms with Gasteiger partial charge in [0.15, 0.2) is 10.8 Å². The Morgan fingerprint density at radius 1 is 1.11 bits per heavy atom. The lowest BCUT2D eigenvalue weighted by Crippen LogP contribution is -2.33. The number of carbonyl (C=O) groups excluding carboxylic acids is 1. The predicted molar refractivity (Wildman–Crippen MR) is 142 cm³/mol. The van der Waals surface area contributed by atoms with Crippen LogP contribution in [-0.2, 0) is 5.54 Å². The fourth-order valence-electron chi connectivity index (χ4n) is 4.90. The number of carbonyl (C=O) groups is 1. The smallest absolute Gasteiger partial charge is 0.265 e. The Kier molecular flexibility index (Phi) is 5.96. The number of aryl methyl sites for hydroxylation is 1. The molecule has 1 saturated carbocycles. The van der Waals surface area contributed by atoms with Gasteiger partial charge in [-0.05, 0) is 62.7 Å². The van der Waals surface area contributed by atoms with Crippen molar-refractivity contribution in [1.82, 2.24) is 24.8 Å². The molecular weight excluding hydrogens is 503 g/mol. The molecule has 0 spiro atoms. The minimum absolute atomic E-state index is 0.0143. The van der Waals surface area contributed by atoms with Crippen LogP contribution in [0.15, 0.2) is 54.9 Å². The average molecular weight is 531 g/mol. The molecule has 4 heterocycles. The summed E-state index contributed by atoms with van der Waals surface area (Å²) in [4.78, 5) is 33.5. The molecule has 0 unspecified atom stereocenters. The number of fused-ring (bicyclic) bond motifs is 1. The number of likely N-dealkylation sites (tertiary alicyclic amines) is 1. The second-order valence-corrected chi connectivity index (χ2v) is 11.4. The largest absolute Gasteiger partial charge is 0.474 e. The van der Waals surface area contributed by atoms with E-state index in [1.54, 1.807) is 30.6 Å². The van der Waals surface area contributed by atoms with Crippen LogP contribution >= 0.6 is 11.3 Å². The zero-order valence-electron chi connectivity index (χ0n) is 21.3. The predicted octanol–water partition coefficient (Wildman–Crippen LogP) is 4.45. The first kappa shape index (κ1) is 24.6. The molecule has 10 heteroatoms. The van der Waals surface area contributed by atoms with Gasteiger partial charge >= 0.3 is 0 Å². The van der Waals surface area contributed by atoms with Crippen molar-refractivity contribution in [2.24, 2.45) is 17.6 Å². The number of pyridine rings is 1. The Bertz CT molecular complexity index is 1490. The molecule has 6 rings (SSSR count). The van der Waals surface area contributed by atoms with Gasteiger partial charge in [-0.3, -0.25) is 4.79 Å². The highest BCUT2D eigenvalue weighted by Crippen LogP contribution is 2.48. The molecule has 2 fully saturated rings. The molecule has 38 heavy (non-hydrogen) atoms. The van der Waals surface area contributed by atoms with Crippen molar-refractivity contribution in [2.45, 2.75) is 32.4 Å². The summed E-state index contributed by atoms with van der Waals surface area (Å²) < 4.78 is 19.8. The molecule has 1 aromatic carbocycles. The van der Waals surface area contributed by atoms with Crippen molar-refractivity contribution in [3.05, 3.63) is 76.8 Å². The van der Waals surface area contributed by atoms with Gasteiger partial charge in [0.1, 0.15) is 16.8 Å². The highest BCUT2D eigenvalue weighted by atomic mass is 32.1. The van der Waals surface area contributed by atoms with Gasteiger partial charge in [-0.2, -0.15) is 0 Å². The van der Waals surface area contributed by atoms with E-state index in [9.17, 15) is 9.18 Å². The number of benzene rings is 1. The monoisotopic (exact) mass is 530 g/mol. The Hall–Kier alpha value is -3.76. The van der Waals surface area contributed by atoms with Crippen molar-refractivity contribution in [3.63, 3.8) is 0 Å². The van der Waals surface area contributed by atoms with Gasteiger partial charge in [0.2, 0.25) is 5.88 Å². The minimum Gasteiger partial charge on any atom is -0.474 e. The highest BCUT2D eigenvalue weighted by Gasteiger charge is 2.59. The van der Waals surface area contributed by atoms with E-state index in [0.29, 0.717) is 46.1 Å². The van der Waals surface area contributed by atoms with Gasteiger partial charge in [-0.15, -0.1) is 11.3 Å². The zero-order valence-corrected chi connectivity index (χ0v) is 22.1. The summed E-state index contributed by atoms with van der Waals surface area (Å²) in [5, 5.41) is 0.641. The number of thiazole rings is 1. The van der Waals surface area contributed by atoms with Crippen LogP contribution in [0.4, 0.5) is 4.39 Å². The lowest BCUT2D eigenvalue weighted by Gasteiger charge is -2.22. The lowest BCUT2D eigenvalue weighted by atomic mass is 9.95. The third-order valence-corrected chi connectivity index (χ3v) is 8.23. The molecule has 1 saturated heterocycles. The molecule has 2 aliphatic rings. The summed E-state index contributed by atoms with van der Waals surface area (Å²) in [6, 6.07) is 11.8. The number of hydrogen-bond donors (Lipinski definition) is 1. The Balaban J connectivity index is 1.16. The van der Waals surface area contributed by atoms with Crippen LogP contribution in [0.1, 0.15) is 34.8 Å². The minimum atomic E-state index is -0.602. The molecule has 8 nitrogen and oxygen atoms in total. The van der Waals surface area contributed by atoms with Crippen LogP contribution < -0.4 is 10.5 Å². The molecule has 1 amide bonds. The van der Waals surface area contributed by atoms with Crippen LogP contribution in [0, 0.1) is 24.6 Å². The molecular formula is C28H27FN6O2S. The Morgan fingerprint density at radius 2 is 1.79 bits per heavy atom. The van der Waals surface area contributed by atoms with Crippen molar-refractivity contribution in [2.75, 3.05) is 13.1 Å². The fraction of sp³-hybridized carbons (Fsp3) is 0.321. The first-order valence-electron chi connectivity index (χ1n) is 12.5. The first-order chi connectivity index (χ1) is 18.2. The molecule has 3 atom stereocenters. The number of halogens is 1. The molecule has 0 radical (unpaired) electrons. The SMILES string of the molecule is Cc1nc(-c2ncccn2)sc1C(=O)N1C[C@@H]2[C@H](C1)[C@@H]2Oc1cc(C(C)(C)N)cc(-c2ccc(F)cc2)n1. The van der Waals surface area contributed by atoms with Gasteiger partial charge in [0.25, 0.3) is 5.91 Å². The number of nitrogens with two attached hydrogens (primary N) is 1. The van der Waals surface area contributed by atoms with Crippen LogP contribution in [0.3, 0.4) is 0 Å². The standard InChI is InChI=1S/C28H27FN6O2S/c1-15-24(38-26(33-15)25-31-9-4-10-32-25)27(36)35-13-19-20(14-35)23(19)37-22-12-17(28(2,3)30)11-21(34-22)16-5-7-18(29)8-6-16/h4-12,19-20,23H,13-14,30H2,1-3H3/t19-,20+,23-.